The average Bonchev–Trinajstić information content (AvgIpc) is 2.38. The summed E-state index contributed by atoms with van der Waals surface area (Å²) in [6.07, 6.45) is 0. The van der Waals surface area contributed by atoms with Crippen LogP contribution >= 0.6 is 28.1 Å². The van der Waals surface area contributed by atoms with Crippen LogP contribution in [0.25, 0.3) is 0 Å². The van der Waals surface area contributed by atoms with Gasteiger partial charge in [-0.2, -0.15) is 0 Å². The minimum atomic E-state index is 0.414. The van der Waals surface area contributed by atoms with Crippen molar-refractivity contribution in [3.63, 3.8) is 0 Å². The first kappa shape index (κ1) is 15.0. The lowest BCUT2D eigenvalue weighted by Crippen LogP contribution is -2.21. The molecule has 0 heterocycles. The van der Waals surface area contributed by atoms with Gasteiger partial charge in [0.2, 0.25) is 0 Å². The Bertz CT molecular complexity index is 640. The first-order valence-corrected chi connectivity index (χ1v) is 7.53. The molecule has 0 unspecified atom stereocenters. The van der Waals surface area contributed by atoms with E-state index in [1.165, 1.54) is 11.1 Å². The Morgan fingerprint density at radius 1 is 1.25 bits per heavy atom. The van der Waals surface area contributed by atoms with Gasteiger partial charge in [-0.3, -0.25) is 0 Å². The van der Waals surface area contributed by atoms with E-state index in [2.05, 4.69) is 52.0 Å². The molecule has 0 radical (unpaired) electrons. The predicted molar refractivity (Wildman–Crippen MR) is 93.3 cm³/mol. The molecule has 0 aromatic heterocycles. The number of anilines is 1. The van der Waals surface area contributed by atoms with Gasteiger partial charge in [0.15, 0.2) is 0 Å². The minimum absolute atomic E-state index is 0.414. The lowest BCUT2D eigenvalue weighted by atomic mass is 10.1. The molecule has 0 aliphatic carbocycles. The Morgan fingerprint density at radius 2 is 2.00 bits per heavy atom. The largest absolute Gasteiger partial charge is 0.389 e. The Kier molecular flexibility index (Phi) is 4.78. The fourth-order valence-electron chi connectivity index (χ4n) is 2.21. The number of hydrogen-bond donors (Lipinski definition) is 1. The van der Waals surface area contributed by atoms with Crippen LogP contribution < -0.4 is 10.6 Å². The van der Waals surface area contributed by atoms with Gasteiger partial charge in [-0.1, -0.05) is 58.0 Å². The number of thiocarbonyl (C=S) groups is 1. The Balaban J connectivity index is 2.29. The number of aryl methyl sites for hydroxylation is 1. The smallest absolute Gasteiger partial charge is 0.106 e. The molecule has 0 spiro atoms. The normalized spacial score (nSPS) is 10.3. The summed E-state index contributed by atoms with van der Waals surface area (Å²) < 4.78 is 0.980. The standard InChI is InChI=1S/C16H17BrN2S/c1-11-4-3-5-12(8-11)10-19(2)15-7-6-13(17)9-14(15)16(18)20/h3-9H,10H2,1-2H3,(H2,18,20). The molecule has 0 fully saturated rings. The molecule has 0 atom stereocenters. The Labute approximate surface area is 133 Å². The summed E-state index contributed by atoms with van der Waals surface area (Å²) in [4.78, 5) is 2.58. The number of rotatable bonds is 4. The maximum absolute atomic E-state index is 5.82. The van der Waals surface area contributed by atoms with Crippen molar-refractivity contribution in [2.24, 2.45) is 5.73 Å². The molecule has 2 nitrogen and oxygen atoms in total. The van der Waals surface area contributed by atoms with Gasteiger partial charge in [-0.15, -0.1) is 0 Å². The molecular formula is C16H17BrN2S. The van der Waals surface area contributed by atoms with E-state index in [0.717, 1.165) is 22.3 Å². The van der Waals surface area contributed by atoms with Crippen LogP contribution in [-0.2, 0) is 6.54 Å². The molecule has 2 aromatic carbocycles. The van der Waals surface area contributed by atoms with E-state index in [0.29, 0.717) is 4.99 Å². The number of halogens is 1. The molecule has 2 rings (SSSR count). The van der Waals surface area contributed by atoms with Gasteiger partial charge < -0.3 is 10.6 Å². The van der Waals surface area contributed by atoms with Crippen molar-refractivity contribution in [2.45, 2.75) is 13.5 Å². The van der Waals surface area contributed by atoms with Crippen LogP contribution in [0.1, 0.15) is 16.7 Å². The summed E-state index contributed by atoms with van der Waals surface area (Å²) in [7, 11) is 2.05. The third kappa shape index (κ3) is 3.58. The van der Waals surface area contributed by atoms with Crippen molar-refractivity contribution in [3.05, 3.63) is 63.6 Å². The van der Waals surface area contributed by atoms with Gasteiger partial charge in [0.25, 0.3) is 0 Å². The zero-order chi connectivity index (χ0) is 14.7. The predicted octanol–water partition coefficient (Wildman–Crippen LogP) is 4.03. The highest BCUT2D eigenvalue weighted by Gasteiger charge is 2.10. The zero-order valence-electron chi connectivity index (χ0n) is 11.6. The van der Waals surface area contributed by atoms with Gasteiger partial charge in [0, 0.05) is 29.3 Å². The summed E-state index contributed by atoms with van der Waals surface area (Å²) in [5.41, 5.74) is 10.3. The van der Waals surface area contributed by atoms with Crippen LogP contribution in [0.15, 0.2) is 46.9 Å². The lowest BCUT2D eigenvalue weighted by molar-refractivity contribution is 0.920. The minimum Gasteiger partial charge on any atom is -0.389 e. The van der Waals surface area contributed by atoms with Crippen LogP contribution in [0.4, 0.5) is 5.69 Å². The molecule has 0 bridgehead atoms. The van der Waals surface area contributed by atoms with Crippen LogP contribution in [0.5, 0.6) is 0 Å². The second-order valence-corrected chi connectivity index (χ2v) is 6.23. The average molecular weight is 349 g/mol. The number of nitrogens with zero attached hydrogens (tertiary/aromatic N) is 1. The highest BCUT2D eigenvalue weighted by molar-refractivity contribution is 9.10. The van der Waals surface area contributed by atoms with E-state index in [-0.39, 0.29) is 0 Å². The van der Waals surface area contributed by atoms with Crippen LogP contribution in [-0.4, -0.2) is 12.0 Å². The third-order valence-electron chi connectivity index (χ3n) is 3.14. The number of hydrogen-bond acceptors (Lipinski definition) is 2. The molecule has 104 valence electrons. The van der Waals surface area contributed by atoms with Gasteiger partial charge >= 0.3 is 0 Å². The number of benzene rings is 2. The summed E-state index contributed by atoms with van der Waals surface area (Å²) in [6, 6.07) is 14.5. The van der Waals surface area contributed by atoms with Gasteiger partial charge in [0.05, 0.1) is 0 Å². The zero-order valence-corrected chi connectivity index (χ0v) is 14.0. The topological polar surface area (TPSA) is 29.3 Å². The highest BCUT2D eigenvalue weighted by atomic mass is 79.9. The van der Waals surface area contributed by atoms with Crippen molar-refractivity contribution in [1.82, 2.24) is 0 Å². The van der Waals surface area contributed by atoms with Crippen molar-refractivity contribution in [1.29, 1.82) is 0 Å². The summed E-state index contributed by atoms with van der Waals surface area (Å²) >= 11 is 8.60. The second-order valence-electron chi connectivity index (χ2n) is 4.87. The molecule has 20 heavy (non-hydrogen) atoms. The summed E-state index contributed by atoms with van der Waals surface area (Å²) in [5, 5.41) is 0. The molecule has 4 heteroatoms. The molecule has 0 aliphatic heterocycles. The second kappa shape index (κ2) is 6.37. The summed E-state index contributed by atoms with van der Waals surface area (Å²) in [5.74, 6) is 0. The van der Waals surface area contributed by atoms with E-state index in [9.17, 15) is 0 Å². The first-order valence-electron chi connectivity index (χ1n) is 6.33. The Morgan fingerprint density at radius 3 is 2.65 bits per heavy atom. The lowest BCUT2D eigenvalue weighted by Gasteiger charge is -2.22. The molecule has 0 saturated carbocycles. The third-order valence-corrected chi connectivity index (χ3v) is 3.85. The fraction of sp³-hybridized carbons (Fsp3) is 0.188. The van der Waals surface area contributed by atoms with Crippen LogP contribution in [0, 0.1) is 6.92 Å². The molecule has 0 amide bonds. The van der Waals surface area contributed by atoms with Crippen molar-refractivity contribution in [3.8, 4) is 0 Å². The van der Waals surface area contributed by atoms with Gasteiger partial charge in [-0.25, -0.2) is 0 Å². The maximum atomic E-state index is 5.82. The highest BCUT2D eigenvalue weighted by Crippen LogP contribution is 2.25. The molecule has 0 aliphatic rings. The van der Waals surface area contributed by atoms with Crippen molar-refractivity contribution in [2.75, 3.05) is 11.9 Å². The molecule has 2 aromatic rings. The van der Waals surface area contributed by atoms with Crippen molar-refractivity contribution < 1.29 is 0 Å². The number of nitrogens with two attached hydrogens (primary N) is 1. The molecule has 2 N–H and O–H groups in total. The van der Waals surface area contributed by atoms with E-state index >= 15 is 0 Å². The van der Waals surface area contributed by atoms with E-state index in [1.54, 1.807) is 0 Å². The SMILES string of the molecule is Cc1cccc(CN(C)c2ccc(Br)cc2C(N)=S)c1. The van der Waals surface area contributed by atoms with Gasteiger partial charge in [-0.05, 0) is 30.7 Å². The quantitative estimate of drug-likeness (QED) is 0.845. The molecular weight excluding hydrogens is 332 g/mol. The first-order chi connectivity index (χ1) is 9.47. The van der Waals surface area contributed by atoms with Gasteiger partial charge in [0.1, 0.15) is 4.99 Å². The van der Waals surface area contributed by atoms with Crippen LogP contribution in [0.3, 0.4) is 0 Å². The van der Waals surface area contributed by atoms with E-state index in [1.807, 2.05) is 25.2 Å². The van der Waals surface area contributed by atoms with E-state index in [4.69, 9.17) is 18.0 Å². The van der Waals surface area contributed by atoms with Crippen molar-refractivity contribution >= 4 is 38.8 Å². The summed E-state index contributed by atoms with van der Waals surface area (Å²) in [6.45, 7) is 2.92. The monoisotopic (exact) mass is 348 g/mol. The fourth-order valence-corrected chi connectivity index (χ4v) is 2.73. The van der Waals surface area contributed by atoms with Crippen LogP contribution in [0.2, 0.25) is 0 Å². The molecule has 0 saturated heterocycles. The van der Waals surface area contributed by atoms with E-state index < -0.39 is 0 Å². The maximum Gasteiger partial charge on any atom is 0.106 e. The Hall–Kier alpha value is -1.39.